The van der Waals surface area contributed by atoms with Crippen LogP contribution >= 0.6 is 0 Å². The van der Waals surface area contributed by atoms with Gasteiger partial charge in [-0.05, 0) is 49.9 Å². The molecule has 108 valence electrons. The predicted octanol–water partition coefficient (Wildman–Crippen LogP) is 1.85. The Morgan fingerprint density at radius 2 is 1.70 bits per heavy atom. The molecule has 2 unspecified atom stereocenters. The number of rotatable bonds is 2. The van der Waals surface area contributed by atoms with Crippen molar-refractivity contribution in [3.8, 4) is 0 Å². The lowest BCUT2D eigenvalue weighted by Crippen LogP contribution is -2.50. The third kappa shape index (κ3) is 2.29. The van der Waals surface area contributed by atoms with Crippen molar-refractivity contribution in [1.82, 2.24) is 4.90 Å². The fraction of sp³-hybridized carbons (Fsp3) is 0.562. The van der Waals surface area contributed by atoms with Crippen LogP contribution in [0.15, 0.2) is 24.3 Å². The Labute approximate surface area is 120 Å². The summed E-state index contributed by atoms with van der Waals surface area (Å²) in [6.07, 6.45) is 4.13. The van der Waals surface area contributed by atoms with Gasteiger partial charge in [0.15, 0.2) is 0 Å². The molecular weight excluding hydrogens is 250 g/mol. The van der Waals surface area contributed by atoms with Crippen molar-refractivity contribution in [2.45, 2.75) is 43.8 Å². The number of benzene rings is 1. The van der Waals surface area contributed by atoms with Crippen molar-refractivity contribution in [2.75, 3.05) is 19.0 Å². The zero-order valence-electron chi connectivity index (χ0n) is 12.2. The van der Waals surface area contributed by atoms with Crippen molar-refractivity contribution in [3.63, 3.8) is 0 Å². The van der Waals surface area contributed by atoms with Crippen LogP contribution in [0.3, 0.4) is 0 Å². The Morgan fingerprint density at radius 3 is 2.20 bits per heavy atom. The van der Waals surface area contributed by atoms with Crippen LogP contribution < -0.4 is 10.6 Å². The highest BCUT2D eigenvalue weighted by Gasteiger charge is 2.42. The molecule has 1 aromatic rings. The standard InChI is InChI=1S/C16H23N3O/c1-18(2)13-5-3-11(4-6-13)16(20)19-14-7-8-15(19)10-12(17)9-14/h3-6,12,14-15H,7-10,17H2,1-2H3. The molecule has 2 aliphatic rings. The van der Waals surface area contributed by atoms with E-state index in [9.17, 15) is 4.79 Å². The molecule has 2 N–H and O–H groups in total. The quantitative estimate of drug-likeness (QED) is 0.894. The van der Waals surface area contributed by atoms with E-state index in [4.69, 9.17) is 5.73 Å². The molecule has 0 aromatic heterocycles. The first-order valence-corrected chi connectivity index (χ1v) is 7.42. The van der Waals surface area contributed by atoms with Gasteiger partial charge in [-0.2, -0.15) is 0 Å². The molecule has 0 aliphatic carbocycles. The van der Waals surface area contributed by atoms with Gasteiger partial charge in [-0.15, -0.1) is 0 Å². The topological polar surface area (TPSA) is 49.6 Å². The van der Waals surface area contributed by atoms with Gasteiger partial charge in [-0.3, -0.25) is 4.79 Å². The number of hydrogen-bond donors (Lipinski definition) is 1. The minimum absolute atomic E-state index is 0.176. The summed E-state index contributed by atoms with van der Waals surface area (Å²) in [6, 6.07) is 8.86. The molecule has 0 saturated carbocycles. The largest absolute Gasteiger partial charge is 0.378 e. The van der Waals surface area contributed by atoms with Crippen molar-refractivity contribution < 1.29 is 4.79 Å². The van der Waals surface area contributed by atoms with E-state index < -0.39 is 0 Å². The molecule has 2 heterocycles. The minimum Gasteiger partial charge on any atom is -0.378 e. The van der Waals surface area contributed by atoms with E-state index in [2.05, 4.69) is 4.90 Å². The second-order valence-electron chi connectivity index (χ2n) is 6.27. The van der Waals surface area contributed by atoms with E-state index >= 15 is 0 Å². The molecule has 3 rings (SSSR count). The molecule has 2 fully saturated rings. The molecule has 20 heavy (non-hydrogen) atoms. The lowest BCUT2D eigenvalue weighted by atomic mass is 9.97. The Hall–Kier alpha value is -1.55. The number of fused-ring (bicyclic) bond motifs is 2. The third-order valence-electron chi connectivity index (χ3n) is 4.63. The number of nitrogens with zero attached hydrogens (tertiary/aromatic N) is 2. The maximum absolute atomic E-state index is 12.7. The van der Waals surface area contributed by atoms with Crippen molar-refractivity contribution in [2.24, 2.45) is 5.73 Å². The SMILES string of the molecule is CN(C)c1ccc(C(=O)N2C3CCC2CC(N)C3)cc1. The average Bonchev–Trinajstić information content (AvgIpc) is 2.70. The van der Waals surface area contributed by atoms with Crippen LogP contribution in [0.5, 0.6) is 0 Å². The van der Waals surface area contributed by atoms with Gasteiger partial charge in [0.2, 0.25) is 0 Å². The molecule has 4 nitrogen and oxygen atoms in total. The normalized spacial score (nSPS) is 28.6. The zero-order valence-corrected chi connectivity index (χ0v) is 12.2. The summed E-state index contributed by atoms with van der Waals surface area (Å²) < 4.78 is 0. The first kappa shape index (κ1) is 13.4. The van der Waals surface area contributed by atoms with Crippen LogP contribution in [0.2, 0.25) is 0 Å². The maximum atomic E-state index is 12.7. The summed E-state index contributed by atoms with van der Waals surface area (Å²) in [4.78, 5) is 16.9. The first-order valence-electron chi connectivity index (χ1n) is 7.42. The fourth-order valence-electron chi connectivity index (χ4n) is 3.60. The van der Waals surface area contributed by atoms with Gasteiger partial charge in [0, 0.05) is 43.5 Å². The number of amides is 1. The highest BCUT2D eigenvalue weighted by atomic mass is 16.2. The Balaban J connectivity index is 1.79. The van der Waals surface area contributed by atoms with Crippen LogP contribution in [0.1, 0.15) is 36.0 Å². The number of piperidine rings is 1. The summed E-state index contributed by atoms with van der Waals surface area (Å²) in [6.45, 7) is 0. The molecule has 2 bridgehead atoms. The van der Waals surface area contributed by atoms with Crippen molar-refractivity contribution in [1.29, 1.82) is 0 Å². The van der Waals surface area contributed by atoms with Gasteiger partial charge in [0.05, 0.1) is 0 Å². The van der Waals surface area contributed by atoms with Gasteiger partial charge in [0.25, 0.3) is 5.91 Å². The molecule has 2 atom stereocenters. The highest BCUT2D eigenvalue weighted by molar-refractivity contribution is 5.95. The van der Waals surface area contributed by atoms with E-state index in [0.717, 1.165) is 36.9 Å². The van der Waals surface area contributed by atoms with Gasteiger partial charge < -0.3 is 15.5 Å². The Morgan fingerprint density at radius 1 is 1.15 bits per heavy atom. The highest BCUT2D eigenvalue weighted by Crippen LogP contribution is 2.36. The van der Waals surface area contributed by atoms with Gasteiger partial charge >= 0.3 is 0 Å². The van der Waals surface area contributed by atoms with Crippen molar-refractivity contribution >= 4 is 11.6 Å². The summed E-state index contributed by atoms with van der Waals surface area (Å²) in [5.41, 5.74) is 7.98. The van der Waals surface area contributed by atoms with Crippen molar-refractivity contribution in [3.05, 3.63) is 29.8 Å². The number of carbonyl (C=O) groups excluding carboxylic acids is 1. The smallest absolute Gasteiger partial charge is 0.254 e. The Kier molecular flexibility index (Phi) is 3.42. The fourth-order valence-corrected chi connectivity index (χ4v) is 3.60. The summed E-state index contributed by atoms with van der Waals surface area (Å²) in [7, 11) is 4.01. The second-order valence-corrected chi connectivity index (χ2v) is 6.27. The van der Waals surface area contributed by atoms with Crippen LogP contribution in [-0.4, -0.2) is 43.0 Å². The number of carbonyl (C=O) groups is 1. The zero-order chi connectivity index (χ0) is 14.3. The van der Waals surface area contributed by atoms with Crippen LogP contribution in [-0.2, 0) is 0 Å². The van der Waals surface area contributed by atoms with Crippen LogP contribution in [0.25, 0.3) is 0 Å². The third-order valence-corrected chi connectivity index (χ3v) is 4.63. The molecule has 4 heteroatoms. The molecule has 1 aromatic carbocycles. The molecule has 2 saturated heterocycles. The van der Waals surface area contributed by atoms with Gasteiger partial charge in [-0.25, -0.2) is 0 Å². The van der Waals surface area contributed by atoms with E-state index in [1.165, 1.54) is 0 Å². The summed E-state index contributed by atoms with van der Waals surface area (Å²) in [5.74, 6) is 0.176. The minimum atomic E-state index is 0.176. The molecule has 1 amide bonds. The number of hydrogen-bond acceptors (Lipinski definition) is 3. The number of anilines is 1. The monoisotopic (exact) mass is 273 g/mol. The van der Waals surface area contributed by atoms with E-state index in [-0.39, 0.29) is 11.9 Å². The summed E-state index contributed by atoms with van der Waals surface area (Å²) in [5, 5.41) is 0. The lowest BCUT2D eigenvalue weighted by molar-refractivity contribution is 0.0575. The molecule has 0 radical (unpaired) electrons. The maximum Gasteiger partial charge on any atom is 0.254 e. The molecular formula is C16H23N3O. The number of nitrogens with two attached hydrogens (primary N) is 1. The van der Waals surface area contributed by atoms with E-state index in [0.29, 0.717) is 12.1 Å². The average molecular weight is 273 g/mol. The van der Waals surface area contributed by atoms with Crippen LogP contribution in [0.4, 0.5) is 5.69 Å². The van der Waals surface area contributed by atoms with Gasteiger partial charge in [-0.1, -0.05) is 0 Å². The summed E-state index contributed by atoms with van der Waals surface area (Å²) >= 11 is 0. The van der Waals surface area contributed by atoms with E-state index in [1.54, 1.807) is 0 Å². The molecule has 0 spiro atoms. The lowest BCUT2D eigenvalue weighted by Gasteiger charge is -2.37. The second kappa shape index (κ2) is 5.09. The van der Waals surface area contributed by atoms with Gasteiger partial charge in [0.1, 0.15) is 0 Å². The van der Waals surface area contributed by atoms with E-state index in [1.807, 2.05) is 43.3 Å². The Bertz CT molecular complexity index is 483. The predicted molar refractivity (Wildman–Crippen MR) is 81.0 cm³/mol. The first-order chi connectivity index (χ1) is 9.56. The molecule has 2 aliphatic heterocycles. The van der Waals surface area contributed by atoms with Crippen LogP contribution in [0, 0.1) is 0 Å².